The highest BCUT2D eigenvalue weighted by Gasteiger charge is 2.17. The lowest BCUT2D eigenvalue weighted by Gasteiger charge is -2.20. The molecule has 2 rings (SSSR count). The third-order valence-electron chi connectivity index (χ3n) is 2.53. The second kappa shape index (κ2) is 3.45. The van der Waals surface area contributed by atoms with Gasteiger partial charge in [0, 0.05) is 5.56 Å². The first-order valence-electron chi connectivity index (χ1n) is 4.75. The number of benzene rings is 1. The normalized spacial score (nSPS) is 19.9. The van der Waals surface area contributed by atoms with E-state index >= 15 is 0 Å². The van der Waals surface area contributed by atoms with E-state index in [-0.39, 0.29) is 5.82 Å². The average molecular weight is 192 g/mol. The molecular formula is C12H13FO. The first kappa shape index (κ1) is 9.25. The van der Waals surface area contributed by atoms with E-state index in [4.69, 9.17) is 4.74 Å². The van der Waals surface area contributed by atoms with Crippen molar-refractivity contribution in [2.45, 2.75) is 13.3 Å². The lowest BCUT2D eigenvalue weighted by atomic mass is 9.89. The Labute approximate surface area is 83.2 Å². The number of fused-ring (bicyclic) bond motifs is 1. The summed E-state index contributed by atoms with van der Waals surface area (Å²) in [7, 11) is 1.65. The molecule has 1 aliphatic rings. The molecule has 1 atom stereocenters. The van der Waals surface area contributed by atoms with E-state index in [0.29, 0.717) is 5.92 Å². The van der Waals surface area contributed by atoms with E-state index < -0.39 is 0 Å². The molecular weight excluding hydrogens is 179 g/mol. The van der Waals surface area contributed by atoms with Crippen molar-refractivity contribution in [2.75, 3.05) is 7.11 Å². The van der Waals surface area contributed by atoms with Crippen LogP contribution in [0.1, 0.15) is 18.1 Å². The minimum atomic E-state index is -0.173. The van der Waals surface area contributed by atoms with Crippen LogP contribution in [-0.4, -0.2) is 7.11 Å². The van der Waals surface area contributed by atoms with Gasteiger partial charge in [-0.3, -0.25) is 0 Å². The van der Waals surface area contributed by atoms with E-state index in [2.05, 4.69) is 13.0 Å². The van der Waals surface area contributed by atoms with Crippen LogP contribution in [0.2, 0.25) is 0 Å². The van der Waals surface area contributed by atoms with Gasteiger partial charge in [0.2, 0.25) is 0 Å². The lowest BCUT2D eigenvalue weighted by molar-refractivity contribution is 0.363. The monoisotopic (exact) mass is 192 g/mol. The number of ether oxygens (including phenoxy) is 1. The van der Waals surface area contributed by atoms with Crippen molar-refractivity contribution in [3.05, 3.63) is 41.2 Å². The summed E-state index contributed by atoms with van der Waals surface area (Å²) in [5, 5.41) is 0. The van der Waals surface area contributed by atoms with Gasteiger partial charge in [-0.05, 0) is 42.2 Å². The third-order valence-corrected chi connectivity index (χ3v) is 2.53. The summed E-state index contributed by atoms with van der Waals surface area (Å²) in [6.45, 7) is 2.10. The summed E-state index contributed by atoms with van der Waals surface area (Å²) < 4.78 is 18.3. The molecule has 14 heavy (non-hydrogen) atoms. The molecule has 1 aliphatic carbocycles. The second-order valence-corrected chi connectivity index (χ2v) is 3.72. The molecule has 1 aromatic rings. The third kappa shape index (κ3) is 1.52. The quantitative estimate of drug-likeness (QED) is 0.664. The minimum Gasteiger partial charge on any atom is -0.496 e. The van der Waals surface area contributed by atoms with Crippen LogP contribution in [0.4, 0.5) is 4.39 Å². The van der Waals surface area contributed by atoms with Crippen LogP contribution in [0.5, 0.6) is 0 Å². The molecule has 0 radical (unpaired) electrons. The molecule has 74 valence electrons. The SMILES string of the molecule is COC1=CC(C)Cc2cc(F)ccc21. The Balaban J connectivity index is 2.50. The van der Waals surface area contributed by atoms with Crippen molar-refractivity contribution in [1.82, 2.24) is 0 Å². The number of rotatable bonds is 1. The van der Waals surface area contributed by atoms with Crippen LogP contribution in [0.3, 0.4) is 0 Å². The first-order valence-corrected chi connectivity index (χ1v) is 4.75. The Hall–Kier alpha value is -1.31. The molecule has 0 fully saturated rings. The van der Waals surface area contributed by atoms with E-state index in [1.807, 2.05) is 0 Å². The first-order chi connectivity index (χ1) is 6.70. The molecule has 0 bridgehead atoms. The zero-order valence-electron chi connectivity index (χ0n) is 8.38. The fraction of sp³-hybridized carbons (Fsp3) is 0.333. The van der Waals surface area contributed by atoms with E-state index in [0.717, 1.165) is 23.3 Å². The molecule has 0 spiro atoms. The van der Waals surface area contributed by atoms with Crippen LogP contribution in [0, 0.1) is 11.7 Å². The van der Waals surface area contributed by atoms with Crippen molar-refractivity contribution < 1.29 is 9.13 Å². The van der Waals surface area contributed by atoms with Gasteiger partial charge in [0.05, 0.1) is 7.11 Å². The fourth-order valence-electron chi connectivity index (χ4n) is 1.90. The minimum absolute atomic E-state index is 0.173. The smallest absolute Gasteiger partial charge is 0.123 e. The number of methoxy groups -OCH3 is 1. The predicted octanol–water partition coefficient (Wildman–Crippen LogP) is 3.01. The molecule has 0 N–H and O–H groups in total. The number of hydrogen-bond donors (Lipinski definition) is 0. The van der Waals surface area contributed by atoms with Gasteiger partial charge in [-0.2, -0.15) is 0 Å². The topological polar surface area (TPSA) is 9.23 Å². The largest absolute Gasteiger partial charge is 0.496 e. The summed E-state index contributed by atoms with van der Waals surface area (Å²) >= 11 is 0. The molecule has 0 aliphatic heterocycles. The van der Waals surface area contributed by atoms with Gasteiger partial charge < -0.3 is 4.74 Å². The zero-order chi connectivity index (χ0) is 10.1. The summed E-state index contributed by atoms with van der Waals surface area (Å²) in [5.41, 5.74) is 2.06. The summed E-state index contributed by atoms with van der Waals surface area (Å²) in [6.07, 6.45) is 2.97. The van der Waals surface area contributed by atoms with Gasteiger partial charge in [0.25, 0.3) is 0 Å². The Morgan fingerprint density at radius 3 is 2.93 bits per heavy atom. The van der Waals surface area contributed by atoms with Gasteiger partial charge in [-0.1, -0.05) is 6.92 Å². The van der Waals surface area contributed by atoms with E-state index in [1.54, 1.807) is 19.2 Å². The molecule has 1 unspecified atom stereocenters. The van der Waals surface area contributed by atoms with Crippen LogP contribution in [0.15, 0.2) is 24.3 Å². The maximum Gasteiger partial charge on any atom is 0.123 e. The van der Waals surface area contributed by atoms with Crippen LogP contribution in [-0.2, 0) is 11.2 Å². The maximum atomic E-state index is 13.0. The summed E-state index contributed by atoms with van der Waals surface area (Å²) in [6, 6.07) is 4.85. The van der Waals surface area contributed by atoms with Gasteiger partial charge in [-0.15, -0.1) is 0 Å². The van der Waals surface area contributed by atoms with Crippen LogP contribution < -0.4 is 0 Å². The van der Waals surface area contributed by atoms with Crippen molar-refractivity contribution >= 4 is 5.76 Å². The van der Waals surface area contributed by atoms with Crippen molar-refractivity contribution in [1.29, 1.82) is 0 Å². The van der Waals surface area contributed by atoms with Gasteiger partial charge in [-0.25, -0.2) is 4.39 Å². The Morgan fingerprint density at radius 2 is 2.21 bits per heavy atom. The molecule has 1 aromatic carbocycles. The maximum absolute atomic E-state index is 13.0. The number of allylic oxidation sites excluding steroid dienone is 1. The molecule has 0 heterocycles. The van der Waals surface area contributed by atoms with Crippen molar-refractivity contribution in [3.63, 3.8) is 0 Å². The molecule has 2 heteroatoms. The average Bonchev–Trinajstić information content (AvgIpc) is 2.15. The molecule has 1 nitrogen and oxygen atoms in total. The zero-order valence-corrected chi connectivity index (χ0v) is 8.38. The summed E-state index contributed by atoms with van der Waals surface area (Å²) in [4.78, 5) is 0. The Kier molecular flexibility index (Phi) is 2.28. The van der Waals surface area contributed by atoms with Gasteiger partial charge in [0.15, 0.2) is 0 Å². The second-order valence-electron chi connectivity index (χ2n) is 3.72. The highest BCUT2D eigenvalue weighted by molar-refractivity contribution is 5.65. The molecule has 0 amide bonds. The standard InChI is InChI=1S/C12H13FO/c1-8-5-9-7-10(13)3-4-11(9)12(6-8)14-2/h3-4,6-8H,5H2,1-2H3. The lowest BCUT2D eigenvalue weighted by Crippen LogP contribution is -2.08. The van der Waals surface area contributed by atoms with Gasteiger partial charge in [0.1, 0.15) is 11.6 Å². The predicted molar refractivity (Wildman–Crippen MR) is 54.3 cm³/mol. The molecule has 0 saturated heterocycles. The highest BCUT2D eigenvalue weighted by atomic mass is 19.1. The number of halogens is 1. The molecule has 0 saturated carbocycles. The van der Waals surface area contributed by atoms with Crippen LogP contribution in [0.25, 0.3) is 5.76 Å². The Morgan fingerprint density at radius 1 is 1.43 bits per heavy atom. The summed E-state index contributed by atoms with van der Waals surface area (Å²) in [5.74, 6) is 1.10. The molecule has 0 aromatic heterocycles. The van der Waals surface area contributed by atoms with Crippen LogP contribution >= 0.6 is 0 Å². The highest BCUT2D eigenvalue weighted by Crippen LogP contribution is 2.29. The Bertz CT molecular complexity index is 382. The van der Waals surface area contributed by atoms with Crippen molar-refractivity contribution in [2.24, 2.45) is 5.92 Å². The van der Waals surface area contributed by atoms with E-state index in [9.17, 15) is 4.39 Å². The number of hydrogen-bond acceptors (Lipinski definition) is 1. The fourth-order valence-corrected chi connectivity index (χ4v) is 1.90. The van der Waals surface area contributed by atoms with Gasteiger partial charge >= 0.3 is 0 Å². The van der Waals surface area contributed by atoms with Crippen molar-refractivity contribution in [3.8, 4) is 0 Å². The van der Waals surface area contributed by atoms with E-state index in [1.165, 1.54) is 6.07 Å².